The van der Waals surface area contributed by atoms with Crippen LogP contribution >= 0.6 is 11.6 Å². The van der Waals surface area contributed by atoms with Crippen molar-refractivity contribution in [1.29, 1.82) is 0 Å². The standard InChI is InChI=1S/C20H20ClFN4O/c1-25(2)19(14-6-5-7-15(22)12-14)13-23-20(27)17-10-11-26(24-17)18-9-4-3-8-16(18)21/h3-12,19H,13H2,1-2H3,(H,23,27). The van der Waals surface area contributed by atoms with Crippen LogP contribution in [0.1, 0.15) is 22.1 Å². The summed E-state index contributed by atoms with van der Waals surface area (Å²) in [4.78, 5) is 14.4. The molecular formula is C20H20ClFN4O. The number of nitrogens with one attached hydrogen (secondary N) is 1. The van der Waals surface area contributed by atoms with Crippen LogP contribution in [0.15, 0.2) is 60.8 Å². The Kier molecular flexibility index (Phi) is 5.88. The molecule has 0 aliphatic rings. The Morgan fingerprint density at radius 3 is 2.70 bits per heavy atom. The van der Waals surface area contributed by atoms with Gasteiger partial charge in [-0.05, 0) is 50.0 Å². The van der Waals surface area contributed by atoms with E-state index in [-0.39, 0.29) is 23.5 Å². The maximum atomic E-state index is 13.5. The van der Waals surface area contributed by atoms with Crippen molar-refractivity contribution in [2.24, 2.45) is 0 Å². The topological polar surface area (TPSA) is 50.2 Å². The molecule has 0 saturated carbocycles. The molecule has 0 saturated heterocycles. The Morgan fingerprint density at radius 2 is 2.00 bits per heavy atom. The number of aromatic nitrogens is 2. The largest absolute Gasteiger partial charge is 0.349 e. The highest BCUT2D eigenvalue weighted by Gasteiger charge is 2.18. The Labute approximate surface area is 162 Å². The highest BCUT2D eigenvalue weighted by atomic mass is 35.5. The Balaban J connectivity index is 1.71. The van der Waals surface area contributed by atoms with Gasteiger partial charge in [0.25, 0.3) is 5.91 Å². The second kappa shape index (κ2) is 8.33. The molecule has 0 radical (unpaired) electrons. The molecule has 7 heteroatoms. The van der Waals surface area contributed by atoms with E-state index in [2.05, 4.69) is 10.4 Å². The summed E-state index contributed by atoms with van der Waals surface area (Å²) in [5, 5.41) is 7.71. The fraction of sp³-hybridized carbons (Fsp3) is 0.200. The number of halogens is 2. The quantitative estimate of drug-likeness (QED) is 0.702. The average molecular weight is 387 g/mol. The lowest BCUT2D eigenvalue weighted by molar-refractivity contribution is 0.0936. The SMILES string of the molecule is CN(C)C(CNC(=O)c1ccn(-c2ccccc2Cl)n1)c1cccc(F)c1. The van der Waals surface area contributed by atoms with Crippen molar-refractivity contribution >= 4 is 17.5 Å². The second-order valence-electron chi connectivity index (χ2n) is 6.34. The molecule has 3 aromatic rings. The molecule has 0 aliphatic carbocycles. The molecule has 2 aromatic carbocycles. The van der Waals surface area contributed by atoms with Crippen LogP contribution in [0.25, 0.3) is 5.69 Å². The van der Waals surface area contributed by atoms with Gasteiger partial charge in [-0.15, -0.1) is 0 Å². The van der Waals surface area contributed by atoms with Gasteiger partial charge in [-0.25, -0.2) is 9.07 Å². The van der Waals surface area contributed by atoms with Gasteiger partial charge in [0, 0.05) is 12.7 Å². The lowest BCUT2D eigenvalue weighted by Gasteiger charge is -2.25. The third-order valence-corrected chi connectivity index (χ3v) is 4.55. The molecule has 1 amide bonds. The van der Waals surface area contributed by atoms with Crippen molar-refractivity contribution in [2.75, 3.05) is 20.6 Å². The number of carbonyl (C=O) groups excluding carboxylic acids is 1. The summed E-state index contributed by atoms with van der Waals surface area (Å²) in [6.45, 7) is 0.328. The zero-order valence-corrected chi connectivity index (χ0v) is 15.8. The van der Waals surface area contributed by atoms with E-state index < -0.39 is 0 Å². The highest BCUT2D eigenvalue weighted by molar-refractivity contribution is 6.32. The second-order valence-corrected chi connectivity index (χ2v) is 6.75. The van der Waals surface area contributed by atoms with Crippen molar-refractivity contribution in [3.63, 3.8) is 0 Å². The molecule has 1 heterocycles. The molecule has 0 spiro atoms. The van der Waals surface area contributed by atoms with Crippen LogP contribution in [-0.4, -0.2) is 41.2 Å². The van der Waals surface area contributed by atoms with Gasteiger partial charge >= 0.3 is 0 Å². The third-order valence-electron chi connectivity index (χ3n) is 4.23. The van der Waals surface area contributed by atoms with Gasteiger partial charge in [0.2, 0.25) is 0 Å². The van der Waals surface area contributed by atoms with Gasteiger partial charge in [0.15, 0.2) is 5.69 Å². The zero-order valence-electron chi connectivity index (χ0n) is 15.1. The smallest absolute Gasteiger partial charge is 0.271 e. The normalized spacial score (nSPS) is 12.2. The first-order chi connectivity index (χ1) is 13.0. The number of benzene rings is 2. The summed E-state index contributed by atoms with van der Waals surface area (Å²) < 4.78 is 15.1. The van der Waals surface area contributed by atoms with Crippen LogP contribution in [0.3, 0.4) is 0 Å². The number of likely N-dealkylation sites (N-methyl/N-ethyl adjacent to an activating group) is 1. The number of hydrogen-bond donors (Lipinski definition) is 1. The molecule has 0 fully saturated rings. The first-order valence-electron chi connectivity index (χ1n) is 8.46. The molecule has 140 valence electrons. The zero-order chi connectivity index (χ0) is 19.4. The van der Waals surface area contributed by atoms with E-state index >= 15 is 0 Å². The molecule has 1 unspecified atom stereocenters. The number of amides is 1. The van der Waals surface area contributed by atoms with Crippen molar-refractivity contribution in [2.45, 2.75) is 6.04 Å². The molecule has 3 rings (SSSR count). The van der Waals surface area contributed by atoms with Crippen molar-refractivity contribution in [3.8, 4) is 5.69 Å². The van der Waals surface area contributed by atoms with Crippen LogP contribution in [0.2, 0.25) is 5.02 Å². The maximum Gasteiger partial charge on any atom is 0.271 e. The first kappa shape index (κ1) is 19.1. The minimum absolute atomic E-state index is 0.157. The number of para-hydroxylation sites is 1. The molecule has 1 aromatic heterocycles. The molecular weight excluding hydrogens is 367 g/mol. The number of rotatable bonds is 6. The van der Waals surface area contributed by atoms with E-state index in [1.54, 1.807) is 29.1 Å². The van der Waals surface area contributed by atoms with Gasteiger partial charge in [0.1, 0.15) is 5.82 Å². The number of hydrogen-bond acceptors (Lipinski definition) is 3. The van der Waals surface area contributed by atoms with Crippen molar-refractivity contribution < 1.29 is 9.18 Å². The minimum atomic E-state index is -0.302. The lowest BCUT2D eigenvalue weighted by atomic mass is 10.1. The van der Waals surface area contributed by atoms with Crippen LogP contribution < -0.4 is 5.32 Å². The van der Waals surface area contributed by atoms with Crippen molar-refractivity contribution in [3.05, 3.63) is 82.9 Å². The molecule has 1 N–H and O–H groups in total. The van der Waals surface area contributed by atoms with E-state index in [1.807, 2.05) is 43.3 Å². The van der Waals surface area contributed by atoms with Crippen LogP contribution in [0.5, 0.6) is 0 Å². The fourth-order valence-electron chi connectivity index (χ4n) is 2.81. The highest BCUT2D eigenvalue weighted by Crippen LogP contribution is 2.20. The van der Waals surface area contributed by atoms with Gasteiger partial charge in [-0.1, -0.05) is 35.9 Å². The monoisotopic (exact) mass is 386 g/mol. The average Bonchev–Trinajstić information content (AvgIpc) is 3.12. The van der Waals surface area contributed by atoms with Crippen LogP contribution in [0.4, 0.5) is 4.39 Å². The third kappa shape index (κ3) is 4.53. The van der Waals surface area contributed by atoms with Crippen LogP contribution in [0, 0.1) is 5.82 Å². The Morgan fingerprint density at radius 1 is 1.22 bits per heavy atom. The van der Waals surface area contributed by atoms with E-state index in [1.165, 1.54) is 12.1 Å². The Hall–Kier alpha value is -2.70. The summed E-state index contributed by atoms with van der Waals surface area (Å²) in [5.41, 5.74) is 1.78. The van der Waals surface area contributed by atoms with E-state index in [0.29, 0.717) is 17.3 Å². The molecule has 0 aliphatic heterocycles. The summed E-state index contributed by atoms with van der Waals surface area (Å²) >= 11 is 6.17. The van der Waals surface area contributed by atoms with Crippen LogP contribution in [-0.2, 0) is 0 Å². The molecule has 27 heavy (non-hydrogen) atoms. The van der Waals surface area contributed by atoms with E-state index in [4.69, 9.17) is 11.6 Å². The van der Waals surface area contributed by atoms with Crippen molar-refractivity contribution in [1.82, 2.24) is 20.0 Å². The lowest BCUT2D eigenvalue weighted by Crippen LogP contribution is -2.34. The summed E-state index contributed by atoms with van der Waals surface area (Å²) in [5.74, 6) is -0.604. The summed E-state index contributed by atoms with van der Waals surface area (Å²) in [6, 6.07) is 15.1. The first-order valence-corrected chi connectivity index (χ1v) is 8.84. The maximum absolute atomic E-state index is 13.5. The molecule has 5 nitrogen and oxygen atoms in total. The summed E-state index contributed by atoms with van der Waals surface area (Å²) in [6.07, 6.45) is 1.69. The minimum Gasteiger partial charge on any atom is -0.349 e. The summed E-state index contributed by atoms with van der Waals surface area (Å²) in [7, 11) is 3.77. The predicted octanol–water partition coefficient (Wildman–Crippen LogP) is 3.70. The van der Waals surface area contributed by atoms with Gasteiger partial charge in [-0.3, -0.25) is 4.79 Å². The Bertz CT molecular complexity index is 941. The predicted molar refractivity (Wildman–Crippen MR) is 104 cm³/mol. The van der Waals surface area contributed by atoms with E-state index in [9.17, 15) is 9.18 Å². The number of nitrogens with zero attached hydrogens (tertiary/aromatic N) is 3. The van der Waals surface area contributed by atoms with E-state index in [0.717, 1.165) is 5.56 Å². The number of carbonyl (C=O) groups is 1. The molecule has 0 bridgehead atoms. The van der Waals surface area contributed by atoms with Gasteiger partial charge in [0.05, 0.1) is 16.8 Å². The molecule has 1 atom stereocenters. The fourth-order valence-corrected chi connectivity index (χ4v) is 3.03. The van der Waals surface area contributed by atoms with Gasteiger partial charge < -0.3 is 10.2 Å². The van der Waals surface area contributed by atoms with Gasteiger partial charge in [-0.2, -0.15) is 5.10 Å².